The summed E-state index contributed by atoms with van der Waals surface area (Å²) in [7, 11) is -3.96. The Bertz CT molecular complexity index is 870. The largest absolute Gasteiger partial charge is 0.325 e. The molecule has 0 fully saturated rings. The third kappa shape index (κ3) is 4.49. The molecule has 0 saturated heterocycles. The van der Waals surface area contributed by atoms with Gasteiger partial charge in [-0.05, 0) is 18.2 Å². The summed E-state index contributed by atoms with van der Waals surface area (Å²) in [5.41, 5.74) is 2.90. The second-order valence-corrected chi connectivity index (χ2v) is 7.44. The maximum Gasteiger partial charge on any atom is 0.257 e. The number of carbonyl (C=O) groups is 1. The molecule has 0 spiro atoms. The average molecular weight is 410 g/mol. The van der Waals surface area contributed by atoms with E-state index in [-0.39, 0.29) is 31.6 Å². The van der Waals surface area contributed by atoms with Crippen molar-refractivity contribution in [2.24, 2.45) is 0 Å². The van der Waals surface area contributed by atoms with E-state index >= 15 is 0 Å². The number of nitrogens with one attached hydrogen (secondary N) is 3. The average Bonchev–Trinajstić information content (AvgIpc) is 2.48. The van der Waals surface area contributed by atoms with Crippen LogP contribution in [0.3, 0.4) is 0 Å². The lowest BCUT2D eigenvalue weighted by atomic mass is 10.3. The monoisotopic (exact) mass is 408 g/mol. The molecule has 1 amide bonds. The van der Waals surface area contributed by atoms with Gasteiger partial charge in [0.05, 0.1) is 31.3 Å². The van der Waals surface area contributed by atoms with Crippen LogP contribution in [-0.2, 0) is 14.8 Å². The number of hydrogen-bond acceptors (Lipinski definition) is 5. The Balaban J connectivity index is 2.22. The number of carbonyl (C=O) groups excluding carboxylic acids is 1. The topological polar surface area (TPSA) is 100 Å². The molecule has 0 atom stereocenters. The van der Waals surface area contributed by atoms with E-state index < -0.39 is 10.0 Å². The number of halogens is 3. The lowest BCUT2D eigenvalue weighted by Crippen LogP contribution is -2.29. The predicted molar refractivity (Wildman–Crippen MR) is 94.0 cm³/mol. The summed E-state index contributed by atoms with van der Waals surface area (Å²) in [5.74, 6) is -0.325. The van der Waals surface area contributed by atoms with Crippen LogP contribution in [-0.4, -0.2) is 19.3 Å². The van der Waals surface area contributed by atoms with Crippen molar-refractivity contribution < 1.29 is 13.2 Å². The molecule has 1 aromatic carbocycles. The predicted octanol–water partition coefficient (Wildman–Crippen LogP) is 3.31. The molecule has 0 aliphatic carbocycles. The Labute approximate surface area is 153 Å². The number of pyridine rings is 1. The highest BCUT2D eigenvalue weighted by atomic mass is 35.5. The van der Waals surface area contributed by atoms with E-state index in [4.69, 9.17) is 34.8 Å². The molecule has 1 aromatic heterocycles. The molecule has 7 nitrogen and oxygen atoms in total. The highest BCUT2D eigenvalue weighted by Crippen LogP contribution is 2.29. The first-order chi connectivity index (χ1) is 11.2. The van der Waals surface area contributed by atoms with Crippen LogP contribution in [0.2, 0.25) is 15.1 Å². The van der Waals surface area contributed by atoms with Gasteiger partial charge in [0, 0.05) is 19.3 Å². The summed E-state index contributed by atoms with van der Waals surface area (Å²) >= 11 is 17.8. The van der Waals surface area contributed by atoms with Crippen LogP contribution in [0.5, 0.6) is 0 Å². The van der Waals surface area contributed by atoms with Gasteiger partial charge in [-0.1, -0.05) is 34.8 Å². The zero-order chi connectivity index (χ0) is 17.9. The Morgan fingerprint density at radius 1 is 1.08 bits per heavy atom. The first kappa shape index (κ1) is 18.8. The summed E-state index contributed by atoms with van der Waals surface area (Å²) in [6, 6.07) is 3.87. The van der Waals surface area contributed by atoms with Crippen LogP contribution in [0.25, 0.3) is 0 Å². The molecule has 0 radical (unpaired) electrons. The maximum atomic E-state index is 12.3. The van der Waals surface area contributed by atoms with Crippen molar-refractivity contribution in [3.8, 4) is 0 Å². The van der Waals surface area contributed by atoms with E-state index in [1.54, 1.807) is 0 Å². The molecule has 2 rings (SSSR count). The summed E-state index contributed by atoms with van der Waals surface area (Å²) in [6.07, 6.45) is 2.62. The summed E-state index contributed by atoms with van der Waals surface area (Å²) in [4.78, 5) is 16.8. The van der Waals surface area contributed by atoms with Crippen molar-refractivity contribution in [3.05, 3.63) is 45.7 Å². The van der Waals surface area contributed by atoms with Crippen LogP contribution < -0.4 is 15.6 Å². The minimum Gasteiger partial charge on any atom is -0.325 e. The lowest BCUT2D eigenvalue weighted by molar-refractivity contribution is -0.114. The number of hydrazine groups is 1. The van der Waals surface area contributed by atoms with Crippen LogP contribution in [0.15, 0.2) is 35.5 Å². The summed E-state index contributed by atoms with van der Waals surface area (Å²) in [6.45, 7) is 1.31. The van der Waals surface area contributed by atoms with E-state index in [0.717, 1.165) is 0 Å². The van der Waals surface area contributed by atoms with Gasteiger partial charge in [0.15, 0.2) is 0 Å². The summed E-state index contributed by atoms with van der Waals surface area (Å²) in [5, 5.41) is 2.84. The molecular formula is C13H11Cl3N4O3S. The molecule has 1 heterocycles. The minimum absolute atomic E-state index is 0.0769. The molecule has 2 aromatic rings. The second-order valence-electron chi connectivity index (χ2n) is 4.53. The molecule has 0 bridgehead atoms. The van der Waals surface area contributed by atoms with Crippen molar-refractivity contribution in [3.63, 3.8) is 0 Å². The van der Waals surface area contributed by atoms with Gasteiger partial charge in [-0.2, -0.15) is 0 Å². The number of nitrogens with zero attached hydrogens (tertiary/aromatic N) is 1. The SMILES string of the molecule is CC(=O)Nc1ccc(S(=O)(=O)NNc2c(Cl)cncc2Cl)cc1Cl. The third-order valence-corrected chi connectivity index (χ3v) is 4.86. The fraction of sp³-hybridized carbons (Fsp3) is 0.0769. The number of rotatable bonds is 5. The number of hydrogen-bond donors (Lipinski definition) is 3. The van der Waals surface area contributed by atoms with Crippen LogP contribution >= 0.6 is 34.8 Å². The van der Waals surface area contributed by atoms with Crippen molar-refractivity contribution in [1.82, 2.24) is 9.82 Å². The lowest BCUT2D eigenvalue weighted by Gasteiger charge is -2.13. The molecule has 0 unspecified atom stereocenters. The number of anilines is 2. The normalized spacial score (nSPS) is 11.2. The molecule has 11 heteroatoms. The third-order valence-electron chi connectivity index (χ3n) is 2.73. The second kappa shape index (κ2) is 7.54. The summed E-state index contributed by atoms with van der Waals surface area (Å²) < 4.78 is 24.6. The van der Waals surface area contributed by atoms with E-state index in [1.807, 2.05) is 0 Å². The number of benzene rings is 1. The molecule has 24 heavy (non-hydrogen) atoms. The standard InChI is InChI=1S/C13H11Cl3N4O3S/c1-7(21)18-12-3-2-8(4-9(12)14)24(22,23)20-19-13-10(15)5-17-6-11(13)16/h2-6,20H,1H3,(H,17,19)(H,18,21). The van der Waals surface area contributed by atoms with Gasteiger partial charge >= 0.3 is 0 Å². The number of aromatic nitrogens is 1. The van der Waals surface area contributed by atoms with Crippen molar-refractivity contribution in [2.45, 2.75) is 11.8 Å². The smallest absolute Gasteiger partial charge is 0.257 e. The first-order valence-corrected chi connectivity index (χ1v) is 8.96. The minimum atomic E-state index is -3.96. The first-order valence-electron chi connectivity index (χ1n) is 6.34. The Hall–Kier alpha value is -1.58. The van der Waals surface area contributed by atoms with Gasteiger partial charge in [-0.25, -0.2) is 8.42 Å². The van der Waals surface area contributed by atoms with Crippen LogP contribution in [0.4, 0.5) is 11.4 Å². The van der Waals surface area contributed by atoms with Crippen molar-refractivity contribution >= 4 is 62.1 Å². The van der Waals surface area contributed by atoms with E-state index in [2.05, 4.69) is 20.6 Å². The molecule has 0 aliphatic heterocycles. The van der Waals surface area contributed by atoms with E-state index in [1.165, 1.54) is 37.5 Å². The molecule has 0 saturated carbocycles. The zero-order valence-electron chi connectivity index (χ0n) is 12.1. The zero-order valence-corrected chi connectivity index (χ0v) is 15.2. The highest BCUT2D eigenvalue weighted by Gasteiger charge is 2.17. The van der Waals surface area contributed by atoms with Crippen LogP contribution in [0, 0.1) is 0 Å². The molecule has 128 valence electrons. The quantitative estimate of drug-likeness (QED) is 0.658. The van der Waals surface area contributed by atoms with Crippen molar-refractivity contribution in [2.75, 3.05) is 10.7 Å². The maximum absolute atomic E-state index is 12.3. The Morgan fingerprint density at radius 2 is 1.71 bits per heavy atom. The van der Waals surface area contributed by atoms with Crippen molar-refractivity contribution in [1.29, 1.82) is 0 Å². The van der Waals surface area contributed by atoms with E-state index in [0.29, 0.717) is 5.69 Å². The number of sulfonamides is 1. The number of amides is 1. The molecule has 0 aliphatic rings. The van der Waals surface area contributed by atoms with Gasteiger partial charge < -0.3 is 10.7 Å². The Morgan fingerprint density at radius 3 is 2.25 bits per heavy atom. The van der Waals surface area contributed by atoms with E-state index in [9.17, 15) is 13.2 Å². The fourth-order valence-electron chi connectivity index (χ4n) is 1.66. The highest BCUT2D eigenvalue weighted by molar-refractivity contribution is 7.89. The van der Waals surface area contributed by atoms with Gasteiger partial charge in [0.2, 0.25) is 5.91 Å². The molecule has 3 N–H and O–H groups in total. The van der Waals surface area contributed by atoms with Gasteiger partial charge in [0.25, 0.3) is 10.0 Å². The fourth-order valence-corrected chi connectivity index (χ4v) is 3.29. The van der Waals surface area contributed by atoms with Crippen LogP contribution in [0.1, 0.15) is 6.92 Å². The van der Waals surface area contributed by atoms with Gasteiger partial charge in [-0.3, -0.25) is 9.78 Å². The Kier molecular flexibility index (Phi) is 5.89. The van der Waals surface area contributed by atoms with Gasteiger partial charge in [-0.15, -0.1) is 4.83 Å². The van der Waals surface area contributed by atoms with Gasteiger partial charge in [0.1, 0.15) is 0 Å². The molecular weight excluding hydrogens is 399 g/mol.